The summed E-state index contributed by atoms with van der Waals surface area (Å²) in [6, 6.07) is 8.38. The van der Waals surface area contributed by atoms with Crippen LogP contribution in [0.5, 0.6) is 0 Å². The number of nitrogens with zero attached hydrogens (tertiary/aromatic N) is 1. The maximum atomic E-state index is 10.3. The van der Waals surface area contributed by atoms with Gasteiger partial charge in [-0.1, -0.05) is 40.9 Å². The van der Waals surface area contributed by atoms with Crippen LogP contribution >= 0.6 is 15.9 Å². The topological polar surface area (TPSA) is 29.4 Å². The molecule has 2 nitrogen and oxygen atoms in total. The summed E-state index contributed by atoms with van der Waals surface area (Å²) in [5, 5.41) is 0. The normalized spacial score (nSPS) is 18.1. The lowest BCUT2D eigenvalue weighted by Gasteiger charge is -2.27. The van der Waals surface area contributed by atoms with Gasteiger partial charge in [0.1, 0.15) is 0 Å². The van der Waals surface area contributed by atoms with Gasteiger partial charge < -0.3 is 0 Å². The van der Waals surface area contributed by atoms with Gasteiger partial charge in [-0.2, -0.15) is 0 Å². The highest BCUT2D eigenvalue weighted by molar-refractivity contribution is 9.10. The fraction of sp³-hybridized carbons (Fsp3) is 0.462. The molecule has 1 aromatic carbocycles. The fourth-order valence-electron chi connectivity index (χ4n) is 2.58. The summed E-state index contributed by atoms with van der Waals surface area (Å²) in [7, 11) is 0. The largest absolute Gasteiger partial charge is 0.234 e. The molecule has 1 aromatic rings. The Morgan fingerprint density at radius 1 is 1.25 bits per heavy atom. The third kappa shape index (κ3) is 2.26. The number of aliphatic imine (C=N–C) groups is 1. The van der Waals surface area contributed by atoms with E-state index in [4.69, 9.17) is 0 Å². The van der Waals surface area contributed by atoms with E-state index >= 15 is 0 Å². The monoisotopic (exact) mass is 279 g/mol. The highest BCUT2D eigenvalue weighted by Gasteiger charge is 2.35. The van der Waals surface area contributed by atoms with Crippen molar-refractivity contribution in [1.82, 2.24) is 0 Å². The Kier molecular flexibility index (Phi) is 3.57. The summed E-state index contributed by atoms with van der Waals surface area (Å²) in [6.07, 6.45) is 6.37. The maximum Gasteiger partial charge on any atom is 0.234 e. The Bertz CT molecular complexity index is 400. The highest BCUT2D eigenvalue weighted by atomic mass is 79.9. The second-order valence-electron chi connectivity index (χ2n) is 4.40. The molecular weight excluding hydrogens is 266 g/mol. The second-order valence-corrected chi connectivity index (χ2v) is 5.32. The summed E-state index contributed by atoms with van der Waals surface area (Å²) in [4.78, 5) is 14.1. The molecule has 3 heteroatoms. The van der Waals surface area contributed by atoms with E-state index in [-0.39, 0.29) is 5.41 Å². The molecule has 0 bridgehead atoms. The van der Waals surface area contributed by atoms with Crippen LogP contribution in [0.25, 0.3) is 0 Å². The van der Waals surface area contributed by atoms with Gasteiger partial charge in [-0.25, -0.2) is 9.79 Å². The van der Waals surface area contributed by atoms with E-state index in [1.165, 1.54) is 18.4 Å². The molecule has 0 radical (unpaired) electrons. The lowest BCUT2D eigenvalue weighted by atomic mass is 9.79. The van der Waals surface area contributed by atoms with Crippen molar-refractivity contribution in [2.45, 2.75) is 31.1 Å². The maximum absolute atomic E-state index is 10.3. The van der Waals surface area contributed by atoms with Crippen LogP contribution in [-0.2, 0) is 10.2 Å². The molecule has 84 valence electrons. The Morgan fingerprint density at radius 2 is 1.88 bits per heavy atom. The van der Waals surface area contributed by atoms with Crippen LogP contribution in [0.4, 0.5) is 0 Å². The first-order valence-electron chi connectivity index (χ1n) is 5.56. The standard InChI is InChI=1S/C13H14BrNO/c14-12-5-3-11(4-6-12)13(9-15-10-16)7-1-2-8-13/h3-6H,1-2,7-9H2. The molecule has 2 rings (SSSR count). The summed E-state index contributed by atoms with van der Waals surface area (Å²) in [5.74, 6) is 0. The molecule has 1 aliphatic rings. The van der Waals surface area contributed by atoms with Crippen molar-refractivity contribution < 1.29 is 4.79 Å². The lowest BCUT2D eigenvalue weighted by Crippen LogP contribution is -2.25. The molecule has 0 N–H and O–H groups in total. The molecule has 0 unspecified atom stereocenters. The number of benzene rings is 1. The van der Waals surface area contributed by atoms with Crippen molar-refractivity contribution in [2.75, 3.05) is 6.54 Å². The van der Waals surface area contributed by atoms with Gasteiger partial charge in [-0.05, 0) is 30.5 Å². The van der Waals surface area contributed by atoms with E-state index in [1.54, 1.807) is 6.08 Å². The summed E-state index contributed by atoms with van der Waals surface area (Å²) in [6.45, 7) is 0.581. The molecule has 0 atom stereocenters. The van der Waals surface area contributed by atoms with Gasteiger partial charge >= 0.3 is 0 Å². The van der Waals surface area contributed by atoms with Crippen LogP contribution < -0.4 is 0 Å². The van der Waals surface area contributed by atoms with Gasteiger partial charge in [-0.3, -0.25) is 0 Å². The van der Waals surface area contributed by atoms with Crippen molar-refractivity contribution in [3.8, 4) is 0 Å². The number of carbonyl (C=O) groups excluding carboxylic acids is 1. The van der Waals surface area contributed by atoms with Gasteiger partial charge in [0.25, 0.3) is 0 Å². The van der Waals surface area contributed by atoms with Crippen LogP contribution in [0.15, 0.2) is 33.7 Å². The average Bonchev–Trinajstić information content (AvgIpc) is 2.77. The van der Waals surface area contributed by atoms with E-state index in [0.29, 0.717) is 6.54 Å². The molecule has 1 fully saturated rings. The number of hydrogen-bond donors (Lipinski definition) is 0. The van der Waals surface area contributed by atoms with Crippen LogP contribution in [-0.4, -0.2) is 12.6 Å². The summed E-state index contributed by atoms with van der Waals surface area (Å²) >= 11 is 3.44. The predicted octanol–water partition coefficient (Wildman–Crippen LogP) is 3.60. The van der Waals surface area contributed by atoms with E-state index < -0.39 is 0 Å². The summed E-state index contributed by atoms with van der Waals surface area (Å²) in [5.41, 5.74) is 1.38. The first-order chi connectivity index (χ1) is 7.77. The van der Waals surface area contributed by atoms with E-state index in [2.05, 4.69) is 45.2 Å². The Balaban J connectivity index is 2.31. The molecule has 1 aliphatic carbocycles. The van der Waals surface area contributed by atoms with Gasteiger partial charge in [0.2, 0.25) is 6.08 Å². The Labute approximate surface area is 104 Å². The molecule has 0 heterocycles. The van der Waals surface area contributed by atoms with Crippen LogP contribution in [0.2, 0.25) is 0 Å². The van der Waals surface area contributed by atoms with E-state index in [0.717, 1.165) is 17.3 Å². The third-order valence-electron chi connectivity index (χ3n) is 3.46. The Hall–Kier alpha value is -0.920. The lowest BCUT2D eigenvalue weighted by molar-refractivity contribution is 0.451. The third-order valence-corrected chi connectivity index (χ3v) is 3.99. The van der Waals surface area contributed by atoms with Crippen molar-refractivity contribution >= 4 is 22.0 Å². The highest BCUT2D eigenvalue weighted by Crippen LogP contribution is 2.41. The SMILES string of the molecule is O=C=NCC1(c2ccc(Br)cc2)CCCC1. The number of halogens is 1. The van der Waals surface area contributed by atoms with Crippen molar-refractivity contribution in [3.05, 3.63) is 34.3 Å². The zero-order valence-electron chi connectivity index (χ0n) is 9.08. The van der Waals surface area contributed by atoms with Crippen LogP contribution in [0.1, 0.15) is 31.2 Å². The molecule has 0 saturated heterocycles. The number of hydrogen-bond acceptors (Lipinski definition) is 2. The zero-order chi connectivity index (χ0) is 11.4. The molecule has 0 spiro atoms. The molecular formula is C13H14BrNO. The molecule has 16 heavy (non-hydrogen) atoms. The number of isocyanates is 1. The zero-order valence-corrected chi connectivity index (χ0v) is 10.7. The van der Waals surface area contributed by atoms with Crippen molar-refractivity contribution in [1.29, 1.82) is 0 Å². The molecule has 0 amide bonds. The van der Waals surface area contributed by atoms with Crippen LogP contribution in [0, 0.1) is 0 Å². The first-order valence-corrected chi connectivity index (χ1v) is 6.36. The van der Waals surface area contributed by atoms with Gasteiger partial charge in [-0.15, -0.1) is 0 Å². The van der Waals surface area contributed by atoms with Gasteiger partial charge in [0.15, 0.2) is 0 Å². The minimum atomic E-state index is 0.0815. The smallest absolute Gasteiger partial charge is 0.211 e. The molecule has 0 aromatic heterocycles. The predicted molar refractivity (Wildman–Crippen MR) is 67.3 cm³/mol. The van der Waals surface area contributed by atoms with Crippen LogP contribution in [0.3, 0.4) is 0 Å². The van der Waals surface area contributed by atoms with E-state index in [9.17, 15) is 4.79 Å². The minimum Gasteiger partial charge on any atom is -0.211 e. The van der Waals surface area contributed by atoms with Gasteiger partial charge in [0, 0.05) is 9.89 Å². The number of rotatable bonds is 3. The Morgan fingerprint density at radius 3 is 2.44 bits per heavy atom. The van der Waals surface area contributed by atoms with E-state index in [1.807, 2.05) is 0 Å². The fourth-order valence-corrected chi connectivity index (χ4v) is 2.84. The molecule has 0 aliphatic heterocycles. The quantitative estimate of drug-likeness (QED) is 0.614. The second kappa shape index (κ2) is 4.94. The van der Waals surface area contributed by atoms with Crippen molar-refractivity contribution in [3.63, 3.8) is 0 Å². The van der Waals surface area contributed by atoms with Crippen molar-refractivity contribution in [2.24, 2.45) is 4.99 Å². The minimum absolute atomic E-state index is 0.0815. The first kappa shape index (κ1) is 11.6. The molecule has 1 saturated carbocycles. The van der Waals surface area contributed by atoms with Gasteiger partial charge in [0.05, 0.1) is 6.54 Å². The summed E-state index contributed by atoms with van der Waals surface area (Å²) < 4.78 is 1.09. The average molecular weight is 280 g/mol.